The first-order chi connectivity index (χ1) is 10.8. The Balaban J connectivity index is 2.26. The molecule has 1 atom stereocenters. The largest absolute Gasteiger partial charge is 0.368 e. The number of hydrogen-bond acceptors (Lipinski definition) is 3. The number of aryl methyl sites for hydroxylation is 1. The second-order valence-corrected chi connectivity index (χ2v) is 7.29. The Morgan fingerprint density at radius 2 is 1.87 bits per heavy atom. The lowest BCUT2D eigenvalue weighted by atomic mass is 10.1. The van der Waals surface area contributed by atoms with Gasteiger partial charge in [-0.05, 0) is 42.7 Å². The second kappa shape index (κ2) is 7.12. The quantitative estimate of drug-likeness (QED) is 0.833. The highest BCUT2D eigenvalue weighted by atomic mass is 35.5. The van der Waals surface area contributed by atoms with E-state index in [-0.39, 0.29) is 11.3 Å². The Morgan fingerprint density at radius 1 is 1.22 bits per heavy atom. The van der Waals surface area contributed by atoms with E-state index in [2.05, 4.69) is 4.72 Å². The zero-order valence-electron chi connectivity index (χ0n) is 12.5. The van der Waals surface area contributed by atoms with Gasteiger partial charge in [0.2, 0.25) is 15.9 Å². The van der Waals surface area contributed by atoms with Gasteiger partial charge in [-0.15, -0.1) is 0 Å². The van der Waals surface area contributed by atoms with Gasteiger partial charge in [0.05, 0.1) is 4.90 Å². The number of benzene rings is 2. The first kappa shape index (κ1) is 17.5. The third-order valence-electron chi connectivity index (χ3n) is 3.35. The molecule has 0 heterocycles. The maximum atomic E-state index is 12.5. The number of carbonyl (C=O) groups excluding carboxylic acids is 1. The molecule has 0 aliphatic heterocycles. The minimum absolute atomic E-state index is 0.0706. The molecule has 0 saturated heterocycles. The van der Waals surface area contributed by atoms with Gasteiger partial charge in [0.25, 0.3) is 0 Å². The van der Waals surface area contributed by atoms with Crippen LogP contribution in [0.2, 0.25) is 5.02 Å². The zero-order valence-corrected chi connectivity index (χ0v) is 14.1. The molecule has 0 fully saturated rings. The number of primary amides is 1. The number of rotatable bonds is 6. The van der Waals surface area contributed by atoms with Gasteiger partial charge in [0.15, 0.2) is 0 Å². The Labute approximate surface area is 140 Å². The number of halogens is 1. The summed E-state index contributed by atoms with van der Waals surface area (Å²) in [5.74, 6) is -0.732. The predicted molar refractivity (Wildman–Crippen MR) is 89.6 cm³/mol. The predicted octanol–water partition coefficient (Wildman–Crippen LogP) is 2.02. The Bertz CT molecular complexity index is 807. The van der Waals surface area contributed by atoms with E-state index in [1.807, 2.05) is 18.2 Å². The Kier molecular flexibility index (Phi) is 5.41. The van der Waals surface area contributed by atoms with E-state index in [9.17, 15) is 13.2 Å². The molecule has 0 radical (unpaired) electrons. The van der Waals surface area contributed by atoms with Crippen LogP contribution in [0.25, 0.3) is 0 Å². The molecule has 0 bridgehead atoms. The van der Waals surface area contributed by atoms with Crippen molar-refractivity contribution in [3.8, 4) is 0 Å². The summed E-state index contributed by atoms with van der Waals surface area (Å²) in [4.78, 5) is 11.7. The first-order valence-corrected chi connectivity index (χ1v) is 8.77. The van der Waals surface area contributed by atoms with Crippen molar-refractivity contribution in [2.45, 2.75) is 24.3 Å². The van der Waals surface area contributed by atoms with E-state index in [0.29, 0.717) is 10.6 Å². The third kappa shape index (κ3) is 4.54. The number of hydrogen-bond donors (Lipinski definition) is 2. The summed E-state index contributed by atoms with van der Waals surface area (Å²) in [6.07, 6.45) is 0.183. The summed E-state index contributed by atoms with van der Waals surface area (Å²) in [5.41, 5.74) is 6.65. The smallest absolute Gasteiger partial charge is 0.241 e. The summed E-state index contributed by atoms with van der Waals surface area (Å²) in [5, 5.41) is 0.442. The van der Waals surface area contributed by atoms with Crippen LogP contribution in [0.3, 0.4) is 0 Å². The van der Waals surface area contributed by atoms with E-state index in [4.69, 9.17) is 17.3 Å². The van der Waals surface area contributed by atoms with Crippen LogP contribution in [0.15, 0.2) is 53.4 Å². The van der Waals surface area contributed by atoms with Gasteiger partial charge in [-0.3, -0.25) is 4.79 Å². The van der Waals surface area contributed by atoms with Crippen molar-refractivity contribution in [3.05, 3.63) is 64.7 Å². The average molecular weight is 353 g/mol. The molecule has 2 aromatic rings. The van der Waals surface area contributed by atoms with Crippen LogP contribution in [0, 0.1) is 6.92 Å². The lowest BCUT2D eigenvalue weighted by Crippen LogP contribution is -2.45. The number of amides is 1. The molecule has 0 aliphatic rings. The van der Waals surface area contributed by atoms with Gasteiger partial charge >= 0.3 is 0 Å². The van der Waals surface area contributed by atoms with Crippen molar-refractivity contribution in [3.63, 3.8) is 0 Å². The SMILES string of the molecule is Cc1cc(Cl)ccc1S(=O)(=O)NC(Cc1ccccc1)C(N)=O. The van der Waals surface area contributed by atoms with Gasteiger partial charge in [0.1, 0.15) is 6.04 Å². The monoisotopic (exact) mass is 352 g/mol. The lowest BCUT2D eigenvalue weighted by molar-refractivity contribution is -0.119. The fourth-order valence-corrected chi connectivity index (χ4v) is 3.87. The van der Waals surface area contributed by atoms with Crippen molar-refractivity contribution in [1.82, 2.24) is 4.72 Å². The maximum absolute atomic E-state index is 12.5. The summed E-state index contributed by atoms with van der Waals surface area (Å²) in [7, 11) is -3.88. The van der Waals surface area contributed by atoms with E-state index >= 15 is 0 Å². The number of nitrogens with one attached hydrogen (secondary N) is 1. The Hall–Kier alpha value is -1.89. The van der Waals surface area contributed by atoms with Crippen molar-refractivity contribution < 1.29 is 13.2 Å². The molecular weight excluding hydrogens is 336 g/mol. The zero-order chi connectivity index (χ0) is 17.0. The van der Waals surface area contributed by atoms with Crippen molar-refractivity contribution in [2.24, 2.45) is 5.73 Å². The van der Waals surface area contributed by atoms with Crippen LogP contribution in [0.1, 0.15) is 11.1 Å². The van der Waals surface area contributed by atoms with Crippen molar-refractivity contribution in [1.29, 1.82) is 0 Å². The molecule has 2 rings (SSSR count). The molecule has 5 nitrogen and oxygen atoms in total. The molecule has 0 spiro atoms. The summed E-state index contributed by atoms with van der Waals surface area (Å²) in [6.45, 7) is 1.64. The lowest BCUT2D eigenvalue weighted by Gasteiger charge is -2.17. The molecule has 1 amide bonds. The van der Waals surface area contributed by atoms with Crippen molar-refractivity contribution >= 4 is 27.5 Å². The van der Waals surface area contributed by atoms with E-state index in [0.717, 1.165) is 5.56 Å². The van der Waals surface area contributed by atoms with E-state index in [1.165, 1.54) is 12.1 Å². The van der Waals surface area contributed by atoms with Crippen LogP contribution in [-0.2, 0) is 21.2 Å². The average Bonchev–Trinajstić information content (AvgIpc) is 2.46. The molecule has 0 saturated carbocycles. The summed E-state index contributed by atoms with van der Waals surface area (Å²) < 4.78 is 27.4. The van der Waals surface area contributed by atoms with Crippen LogP contribution < -0.4 is 10.5 Å². The van der Waals surface area contributed by atoms with Gasteiger partial charge in [0, 0.05) is 5.02 Å². The highest BCUT2D eigenvalue weighted by Crippen LogP contribution is 2.20. The molecular formula is C16H17ClN2O3S. The minimum Gasteiger partial charge on any atom is -0.368 e. The highest BCUT2D eigenvalue weighted by molar-refractivity contribution is 7.89. The maximum Gasteiger partial charge on any atom is 0.241 e. The van der Waals surface area contributed by atoms with Crippen LogP contribution in [-0.4, -0.2) is 20.4 Å². The highest BCUT2D eigenvalue weighted by Gasteiger charge is 2.25. The summed E-state index contributed by atoms with van der Waals surface area (Å²) in [6, 6.07) is 12.5. The van der Waals surface area contributed by atoms with Crippen LogP contribution in [0.4, 0.5) is 0 Å². The molecule has 0 aromatic heterocycles. The van der Waals surface area contributed by atoms with Gasteiger partial charge in [-0.25, -0.2) is 8.42 Å². The fourth-order valence-electron chi connectivity index (χ4n) is 2.22. The molecule has 7 heteroatoms. The minimum atomic E-state index is -3.88. The van der Waals surface area contributed by atoms with Gasteiger partial charge < -0.3 is 5.73 Å². The molecule has 23 heavy (non-hydrogen) atoms. The number of sulfonamides is 1. The molecule has 0 aliphatic carbocycles. The topological polar surface area (TPSA) is 89.3 Å². The Morgan fingerprint density at radius 3 is 2.43 bits per heavy atom. The van der Waals surface area contributed by atoms with Crippen molar-refractivity contribution in [2.75, 3.05) is 0 Å². The number of carbonyl (C=O) groups is 1. The van der Waals surface area contributed by atoms with Crippen LogP contribution in [0.5, 0.6) is 0 Å². The number of nitrogens with two attached hydrogens (primary N) is 1. The first-order valence-electron chi connectivity index (χ1n) is 6.91. The van der Waals surface area contributed by atoms with E-state index in [1.54, 1.807) is 25.1 Å². The fraction of sp³-hybridized carbons (Fsp3) is 0.188. The van der Waals surface area contributed by atoms with E-state index < -0.39 is 22.0 Å². The third-order valence-corrected chi connectivity index (χ3v) is 5.22. The van der Waals surface area contributed by atoms with Crippen LogP contribution >= 0.6 is 11.6 Å². The normalized spacial score (nSPS) is 12.8. The standard InChI is InChI=1S/C16H17ClN2O3S/c1-11-9-13(17)7-8-15(11)23(21,22)19-14(16(18)20)10-12-5-3-2-4-6-12/h2-9,14,19H,10H2,1H3,(H2,18,20). The second-order valence-electron chi connectivity index (χ2n) is 5.18. The molecule has 2 aromatic carbocycles. The summed E-state index contributed by atoms with van der Waals surface area (Å²) >= 11 is 5.84. The molecule has 122 valence electrons. The molecule has 1 unspecified atom stereocenters. The van der Waals surface area contributed by atoms with Gasteiger partial charge in [-0.1, -0.05) is 41.9 Å². The van der Waals surface area contributed by atoms with Gasteiger partial charge in [-0.2, -0.15) is 4.72 Å². The molecule has 3 N–H and O–H groups in total.